The highest BCUT2D eigenvalue weighted by Gasteiger charge is 2.29. The van der Waals surface area contributed by atoms with Gasteiger partial charge in [0.1, 0.15) is 17.6 Å². The summed E-state index contributed by atoms with van der Waals surface area (Å²) >= 11 is 0. The largest absolute Gasteiger partial charge is 0.347 e. The van der Waals surface area contributed by atoms with Gasteiger partial charge in [-0.15, -0.1) is 0 Å². The number of amides is 1. The van der Waals surface area contributed by atoms with E-state index < -0.39 is 15.7 Å². The maximum Gasteiger partial charge on any atom is 0.271 e. The molecule has 0 saturated carbocycles. The maximum absolute atomic E-state index is 12.1. The number of hydrogen-bond donors (Lipinski definition) is 2. The number of carbonyl (C=O) groups is 1. The Morgan fingerprint density at radius 2 is 2.04 bits per heavy atom. The molecule has 1 amide bonds. The second-order valence-corrected chi connectivity index (χ2v) is 7.87. The van der Waals surface area contributed by atoms with Crippen LogP contribution in [0.25, 0.3) is 0 Å². The fraction of sp³-hybridized carbons (Fsp3) is 0.250. The molecule has 1 fully saturated rings. The van der Waals surface area contributed by atoms with Crippen LogP contribution in [-0.4, -0.2) is 41.8 Å². The van der Waals surface area contributed by atoms with Gasteiger partial charge < -0.3 is 10.6 Å². The Bertz CT molecular complexity index is 935. The first kappa shape index (κ1) is 16.9. The van der Waals surface area contributed by atoms with Crippen molar-refractivity contribution in [2.45, 2.75) is 12.5 Å². The predicted octanol–water partition coefficient (Wildman–Crippen LogP) is 1.01. The summed E-state index contributed by atoms with van der Waals surface area (Å²) < 4.78 is 22.8. The smallest absolute Gasteiger partial charge is 0.271 e. The van der Waals surface area contributed by atoms with Gasteiger partial charge in [-0.2, -0.15) is 5.26 Å². The van der Waals surface area contributed by atoms with Crippen molar-refractivity contribution >= 4 is 27.2 Å². The molecule has 25 heavy (non-hydrogen) atoms. The Labute approximate surface area is 144 Å². The molecule has 1 atom stereocenters. The van der Waals surface area contributed by atoms with Gasteiger partial charge >= 0.3 is 0 Å². The number of carbonyl (C=O) groups excluding carboxylic acids is 1. The molecule has 1 saturated heterocycles. The van der Waals surface area contributed by atoms with E-state index in [0.29, 0.717) is 23.5 Å². The number of anilines is 2. The first-order valence-corrected chi connectivity index (χ1v) is 9.38. The number of nitrogens with one attached hydrogen (secondary N) is 2. The number of benzene rings is 1. The van der Waals surface area contributed by atoms with Crippen LogP contribution >= 0.6 is 0 Å². The first-order chi connectivity index (χ1) is 12.0. The highest BCUT2D eigenvalue weighted by atomic mass is 32.2. The second kappa shape index (κ2) is 6.86. The van der Waals surface area contributed by atoms with Crippen molar-refractivity contribution in [3.05, 3.63) is 47.9 Å². The van der Waals surface area contributed by atoms with Gasteiger partial charge in [0.25, 0.3) is 5.91 Å². The van der Waals surface area contributed by atoms with Gasteiger partial charge in [0.15, 0.2) is 9.84 Å². The molecule has 128 valence electrons. The molecule has 0 radical (unpaired) electrons. The second-order valence-electron chi connectivity index (χ2n) is 5.64. The van der Waals surface area contributed by atoms with Crippen LogP contribution in [-0.2, 0) is 9.84 Å². The van der Waals surface area contributed by atoms with E-state index in [1.807, 2.05) is 0 Å². The summed E-state index contributed by atoms with van der Waals surface area (Å²) in [5.74, 6) is -0.0251. The Balaban J connectivity index is 1.66. The van der Waals surface area contributed by atoms with Crippen molar-refractivity contribution in [2.24, 2.45) is 0 Å². The quantitative estimate of drug-likeness (QED) is 0.836. The lowest BCUT2D eigenvalue weighted by atomic mass is 10.2. The summed E-state index contributed by atoms with van der Waals surface area (Å²) in [6.07, 6.45) is 3.09. The van der Waals surface area contributed by atoms with Crippen molar-refractivity contribution in [3.63, 3.8) is 0 Å². The van der Waals surface area contributed by atoms with Crippen LogP contribution in [0.3, 0.4) is 0 Å². The minimum absolute atomic E-state index is 0.0449. The van der Waals surface area contributed by atoms with E-state index in [0.717, 1.165) is 0 Å². The lowest BCUT2D eigenvalue weighted by molar-refractivity contribution is 0.0935. The number of aromatic nitrogens is 2. The molecule has 1 aromatic heterocycles. The van der Waals surface area contributed by atoms with E-state index >= 15 is 0 Å². The minimum atomic E-state index is -3.06. The lowest BCUT2D eigenvalue weighted by Gasteiger charge is -2.11. The normalized spacial score (nSPS) is 18.3. The zero-order chi connectivity index (χ0) is 17.9. The molecular formula is C16H15N5O3S. The molecular weight excluding hydrogens is 342 g/mol. The lowest BCUT2D eigenvalue weighted by Crippen LogP contribution is -2.36. The molecule has 2 N–H and O–H groups in total. The van der Waals surface area contributed by atoms with Crippen LogP contribution in [0.15, 0.2) is 36.7 Å². The van der Waals surface area contributed by atoms with Crippen LogP contribution in [0.1, 0.15) is 22.5 Å². The van der Waals surface area contributed by atoms with Crippen molar-refractivity contribution in [1.82, 2.24) is 15.3 Å². The fourth-order valence-corrected chi connectivity index (χ4v) is 4.18. The van der Waals surface area contributed by atoms with Gasteiger partial charge in [-0.1, -0.05) is 12.1 Å². The first-order valence-electron chi connectivity index (χ1n) is 7.56. The van der Waals surface area contributed by atoms with Gasteiger partial charge in [-0.3, -0.25) is 4.79 Å². The molecule has 8 nitrogen and oxygen atoms in total. The highest BCUT2D eigenvalue weighted by molar-refractivity contribution is 7.91. The number of sulfone groups is 1. The fourth-order valence-electron chi connectivity index (χ4n) is 2.51. The molecule has 2 aromatic rings. The summed E-state index contributed by atoms with van der Waals surface area (Å²) in [5.41, 5.74) is 1.16. The van der Waals surface area contributed by atoms with Crippen molar-refractivity contribution in [1.29, 1.82) is 5.26 Å². The highest BCUT2D eigenvalue weighted by Crippen LogP contribution is 2.18. The average Bonchev–Trinajstić information content (AvgIpc) is 2.94. The standard InChI is InChI=1S/C16H15N5O3S/c17-7-11-3-1-2-4-13(11)21-15-9-18-14(8-19-15)16(22)20-12-5-6-25(23,24)10-12/h1-4,8-9,12H,5-6,10H2,(H,19,21)(H,20,22). The van der Waals surface area contributed by atoms with Crippen LogP contribution in [0, 0.1) is 11.3 Å². The Morgan fingerprint density at radius 1 is 1.24 bits per heavy atom. The van der Waals surface area contributed by atoms with E-state index in [-0.39, 0.29) is 23.2 Å². The van der Waals surface area contributed by atoms with Gasteiger partial charge in [0, 0.05) is 6.04 Å². The third kappa shape index (κ3) is 4.10. The predicted molar refractivity (Wildman–Crippen MR) is 91.0 cm³/mol. The third-order valence-electron chi connectivity index (χ3n) is 3.76. The van der Waals surface area contributed by atoms with Crippen LogP contribution in [0.5, 0.6) is 0 Å². The Morgan fingerprint density at radius 3 is 2.68 bits per heavy atom. The zero-order valence-corrected chi connectivity index (χ0v) is 14.0. The van der Waals surface area contributed by atoms with Gasteiger partial charge in [0.2, 0.25) is 0 Å². The summed E-state index contributed by atoms with van der Waals surface area (Å²) in [6.45, 7) is 0. The minimum Gasteiger partial charge on any atom is -0.347 e. The summed E-state index contributed by atoms with van der Waals surface area (Å²) in [4.78, 5) is 20.3. The van der Waals surface area contributed by atoms with Crippen molar-refractivity contribution < 1.29 is 13.2 Å². The molecule has 0 spiro atoms. The molecule has 1 aromatic carbocycles. The third-order valence-corrected chi connectivity index (χ3v) is 5.53. The average molecular weight is 357 g/mol. The van der Waals surface area contributed by atoms with E-state index in [2.05, 4.69) is 26.7 Å². The summed E-state index contributed by atoms with van der Waals surface area (Å²) in [6, 6.07) is 8.63. The van der Waals surface area contributed by atoms with Gasteiger partial charge in [0.05, 0.1) is 35.2 Å². The Hall–Kier alpha value is -2.99. The number of para-hydroxylation sites is 1. The topological polar surface area (TPSA) is 125 Å². The van der Waals surface area contributed by atoms with E-state index in [4.69, 9.17) is 5.26 Å². The molecule has 1 aliphatic heterocycles. The van der Waals surface area contributed by atoms with E-state index in [1.165, 1.54) is 12.4 Å². The van der Waals surface area contributed by atoms with Crippen molar-refractivity contribution in [2.75, 3.05) is 16.8 Å². The number of hydrogen-bond acceptors (Lipinski definition) is 7. The number of nitrogens with zero attached hydrogens (tertiary/aromatic N) is 3. The Kier molecular flexibility index (Phi) is 4.63. The molecule has 1 unspecified atom stereocenters. The molecule has 1 aliphatic rings. The van der Waals surface area contributed by atoms with Gasteiger partial charge in [-0.25, -0.2) is 18.4 Å². The van der Waals surface area contributed by atoms with Crippen molar-refractivity contribution in [3.8, 4) is 6.07 Å². The van der Waals surface area contributed by atoms with Crippen LogP contribution < -0.4 is 10.6 Å². The number of nitriles is 1. The molecule has 3 rings (SSSR count). The monoisotopic (exact) mass is 357 g/mol. The van der Waals surface area contributed by atoms with Gasteiger partial charge in [-0.05, 0) is 18.6 Å². The SMILES string of the molecule is N#Cc1ccccc1Nc1cnc(C(=O)NC2CCS(=O)(=O)C2)cn1. The summed E-state index contributed by atoms with van der Waals surface area (Å²) in [7, 11) is -3.06. The summed E-state index contributed by atoms with van der Waals surface area (Å²) in [5, 5.41) is 14.7. The molecule has 0 bridgehead atoms. The molecule has 9 heteroatoms. The zero-order valence-electron chi connectivity index (χ0n) is 13.1. The molecule has 2 heterocycles. The van der Waals surface area contributed by atoms with Crippen LogP contribution in [0.4, 0.5) is 11.5 Å². The molecule has 0 aliphatic carbocycles. The van der Waals surface area contributed by atoms with E-state index in [1.54, 1.807) is 24.3 Å². The number of rotatable bonds is 4. The maximum atomic E-state index is 12.1. The van der Waals surface area contributed by atoms with E-state index in [9.17, 15) is 13.2 Å². The van der Waals surface area contributed by atoms with Crippen LogP contribution in [0.2, 0.25) is 0 Å².